The average Bonchev–Trinajstić information content (AvgIpc) is 2.36. The Hall–Kier alpha value is -1.40. The van der Waals surface area contributed by atoms with Gasteiger partial charge in [-0.1, -0.05) is 0 Å². The molecule has 18 heavy (non-hydrogen) atoms. The summed E-state index contributed by atoms with van der Waals surface area (Å²) in [6, 6.07) is 5.60. The number of benzene rings is 1. The summed E-state index contributed by atoms with van der Waals surface area (Å²) in [5.74, 6) is 0.737. The fourth-order valence-electron chi connectivity index (χ4n) is 1.47. The molecule has 1 aromatic carbocycles. The van der Waals surface area contributed by atoms with E-state index >= 15 is 0 Å². The number of aliphatic hydroxyl groups is 1. The fraction of sp³-hybridized carbons (Fsp3) is 0.417. The largest absolute Gasteiger partial charge is 0.388 e. The molecular weight excluding hydrogens is 254 g/mol. The summed E-state index contributed by atoms with van der Waals surface area (Å²) in [7, 11) is 0. The number of nitrogens with zero attached hydrogens (tertiary/aromatic N) is 1. The van der Waals surface area contributed by atoms with Gasteiger partial charge in [-0.15, -0.1) is 0 Å². The summed E-state index contributed by atoms with van der Waals surface area (Å²) < 4.78 is 0. The lowest BCUT2D eigenvalue weighted by molar-refractivity contribution is -0.384. The first-order valence-corrected chi connectivity index (χ1v) is 6.87. The number of carbonyl (C=O) groups is 1. The molecule has 0 aliphatic heterocycles. The van der Waals surface area contributed by atoms with E-state index in [-0.39, 0.29) is 17.9 Å². The van der Waals surface area contributed by atoms with Gasteiger partial charge in [-0.3, -0.25) is 14.9 Å². The van der Waals surface area contributed by atoms with Crippen LogP contribution in [0.15, 0.2) is 24.3 Å². The molecule has 6 heteroatoms. The Morgan fingerprint density at radius 3 is 2.56 bits per heavy atom. The van der Waals surface area contributed by atoms with E-state index in [9.17, 15) is 20.0 Å². The zero-order chi connectivity index (χ0) is 13.5. The van der Waals surface area contributed by atoms with Gasteiger partial charge < -0.3 is 5.11 Å². The van der Waals surface area contributed by atoms with Crippen molar-refractivity contribution >= 4 is 23.2 Å². The van der Waals surface area contributed by atoms with Crippen molar-refractivity contribution in [3.8, 4) is 0 Å². The number of carbonyl (C=O) groups excluding carboxylic acids is 1. The zero-order valence-corrected chi connectivity index (χ0v) is 10.9. The molecule has 0 bridgehead atoms. The van der Waals surface area contributed by atoms with E-state index < -0.39 is 11.0 Å². The normalized spacial score (nSPS) is 12.1. The van der Waals surface area contributed by atoms with Crippen LogP contribution in [0.25, 0.3) is 0 Å². The van der Waals surface area contributed by atoms with Gasteiger partial charge in [0.1, 0.15) is 5.78 Å². The zero-order valence-electron chi connectivity index (χ0n) is 10.0. The van der Waals surface area contributed by atoms with Crippen LogP contribution in [0.2, 0.25) is 0 Å². The summed E-state index contributed by atoms with van der Waals surface area (Å²) in [5.41, 5.74) is 0.498. The predicted molar refractivity (Wildman–Crippen MR) is 70.7 cm³/mol. The molecule has 0 saturated carbocycles. The van der Waals surface area contributed by atoms with Crippen molar-refractivity contribution in [3.63, 3.8) is 0 Å². The molecule has 0 aliphatic carbocycles. The lowest BCUT2D eigenvalue weighted by Gasteiger charge is -2.09. The van der Waals surface area contributed by atoms with Crippen LogP contribution in [0.1, 0.15) is 24.5 Å². The Morgan fingerprint density at radius 1 is 1.44 bits per heavy atom. The van der Waals surface area contributed by atoms with Crippen molar-refractivity contribution in [2.45, 2.75) is 18.9 Å². The molecule has 0 saturated heterocycles. The molecule has 1 N–H and O–H groups in total. The molecule has 0 unspecified atom stereocenters. The second kappa shape index (κ2) is 7.13. The van der Waals surface area contributed by atoms with E-state index in [0.29, 0.717) is 12.0 Å². The van der Waals surface area contributed by atoms with Crippen LogP contribution in [0.5, 0.6) is 0 Å². The minimum absolute atomic E-state index is 0.00444. The number of rotatable bonds is 7. The van der Waals surface area contributed by atoms with Gasteiger partial charge in [0.25, 0.3) is 5.69 Å². The number of hydrogen-bond donors (Lipinski definition) is 1. The number of Topliss-reactive ketones (excluding diaryl/α,β-unsaturated/α-hetero) is 1. The van der Waals surface area contributed by atoms with Crippen molar-refractivity contribution in [2.24, 2.45) is 0 Å². The van der Waals surface area contributed by atoms with Gasteiger partial charge >= 0.3 is 0 Å². The van der Waals surface area contributed by atoms with Crippen molar-refractivity contribution in [1.82, 2.24) is 0 Å². The molecule has 1 aromatic rings. The summed E-state index contributed by atoms with van der Waals surface area (Å²) in [6.45, 7) is 0. The molecule has 0 aromatic heterocycles. The van der Waals surface area contributed by atoms with Crippen LogP contribution in [-0.4, -0.2) is 27.8 Å². The van der Waals surface area contributed by atoms with Crippen LogP contribution < -0.4 is 0 Å². The van der Waals surface area contributed by atoms with E-state index in [2.05, 4.69) is 0 Å². The second-order valence-corrected chi connectivity index (χ2v) is 4.84. The van der Waals surface area contributed by atoms with Gasteiger partial charge in [0.05, 0.1) is 11.0 Å². The molecule has 0 aliphatic rings. The molecule has 0 heterocycles. The van der Waals surface area contributed by atoms with E-state index in [0.717, 1.165) is 5.75 Å². The maximum atomic E-state index is 11.5. The second-order valence-electron chi connectivity index (χ2n) is 3.85. The van der Waals surface area contributed by atoms with Gasteiger partial charge in [0, 0.05) is 25.0 Å². The lowest BCUT2D eigenvalue weighted by Crippen LogP contribution is -2.07. The molecule has 5 nitrogen and oxygen atoms in total. The standard InChI is InChI=1S/C12H15NO4S/c1-18-7-6-11(14)8-12(15)9-2-4-10(5-3-9)13(16)17/h2-5,12,15H,6-8H2,1H3/t12-/m0/s1. The third-order valence-corrected chi connectivity index (χ3v) is 3.11. The average molecular weight is 269 g/mol. The third kappa shape index (κ3) is 4.46. The Balaban J connectivity index is 2.58. The Bertz CT molecular complexity index is 419. The van der Waals surface area contributed by atoms with Crippen molar-refractivity contribution in [1.29, 1.82) is 0 Å². The summed E-state index contributed by atoms with van der Waals surface area (Å²) >= 11 is 1.58. The number of thioether (sulfide) groups is 1. The first-order chi connectivity index (χ1) is 8.54. The van der Waals surface area contributed by atoms with Gasteiger partial charge in [0.2, 0.25) is 0 Å². The highest BCUT2D eigenvalue weighted by Crippen LogP contribution is 2.21. The Labute approximate surface area is 109 Å². The van der Waals surface area contributed by atoms with Crippen molar-refractivity contribution < 1.29 is 14.8 Å². The highest BCUT2D eigenvalue weighted by Gasteiger charge is 2.14. The van der Waals surface area contributed by atoms with Crippen LogP contribution in [0.4, 0.5) is 5.69 Å². The van der Waals surface area contributed by atoms with Crippen LogP contribution in [0, 0.1) is 10.1 Å². The highest BCUT2D eigenvalue weighted by molar-refractivity contribution is 7.98. The van der Waals surface area contributed by atoms with Crippen molar-refractivity contribution in [2.75, 3.05) is 12.0 Å². The Morgan fingerprint density at radius 2 is 2.06 bits per heavy atom. The Kier molecular flexibility index (Phi) is 5.80. The molecule has 0 radical (unpaired) electrons. The van der Waals surface area contributed by atoms with E-state index in [1.165, 1.54) is 24.3 Å². The molecule has 1 atom stereocenters. The summed E-state index contributed by atoms with van der Waals surface area (Å²) in [5, 5.41) is 20.3. The molecule has 98 valence electrons. The quantitative estimate of drug-likeness (QED) is 0.607. The molecule has 1 rings (SSSR count). The van der Waals surface area contributed by atoms with Crippen molar-refractivity contribution in [3.05, 3.63) is 39.9 Å². The number of non-ortho nitro benzene ring substituents is 1. The molecule has 0 spiro atoms. The number of nitro groups is 1. The van der Waals surface area contributed by atoms with Crippen LogP contribution >= 0.6 is 11.8 Å². The molecule has 0 fully saturated rings. The van der Waals surface area contributed by atoms with Crippen LogP contribution in [-0.2, 0) is 4.79 Å². The fourth-order valence-corrected chi connectivity index (χ4v) is 1.90. The minimum atomic E-state index is -0.889. The van der Waals surface area contributed by atoms with E-state index in [1.54, 1.807) is 11.8 Å². The third-order valence-electron chi connectivity index (χ3n) is 2.49. The SMILES string of the molecule is CSCCC(=O)C[C@H](O)c1ccc([N+](=O)[O-])cc1. The minimum Gasteiger partial charge on any atom is -0.388 e. The summed E-state index contributed by atoms with van der Waals surface area (Å²) in [4.78, 5) is 21.4. The molecule has 0 amide bonds. The lowest BCUT2D eigenvalue weighted by atomic mass is 10.0. The maximum Gasteiger partial charge on any atom is 0.269 e. The smallest absolute Gasteiger partial charge is 0.269 e. The monoisotopic (exact) mass is 269 g/mol. The van der Waals surface area contributed by atoms with E-state index in [1.807, 2.05) is 6.26 Å². The van der Waals surface area contributed by atoms with Gasteiger partial charge in [-0.25, -0.2) is 0 Å². The number of nitro benzene ring substituents is 1. The van der Waals surface area contributed by atoms with E-state index in [4.69, 9.17) is 0 Å². The highest BCUT2D eigenvalue weighted by atomic mass is 32.2. The predicted octanol–water partition coefficient (Wildman–Crippen LogP) is 2.34. The summed E-state index contributed by atoms with van der Waals surface area (Å²) in [6.07, 6.45) is 1.52. The van der Waals surface area contributed by atoms with Gasteiger partial charge in [-0.2, -0.15) is 11.8 Å². The van der Waals surface area contributed by atoms with Gasteiger partial charge in [0.15, 0.2) is 0 Å². The van der Waals surface area contributed by atoms with Gasteiger partial charge in [-0.05, 0) is 29.7 Å². The number of hydrogen-bond acceptors (Lipinski definition) is 5. The topological polar surface area (TPSA) is 80.4 Å². The first kappa shape index (κ1) is 14.7. The maximum absolute atomic E-state index is 11.5. The van der Waals surface area contributed by atoms with Crippen LogP contribution in [0.3, 0.4) is 0 Å². The molecular formula is C12H15NO4S. The number of ketones is 1. The number of aliphatic hydroxyl groups excluding tert-OH is 1. The first-order valence-electron chi connectivity index (χ1n) is 5.47.